The third kappa shape index (κ3) is 6.11. The van der Waals surface area contributed by atoms with E-state index in [1.54, 1.807) is 14.2 Å². The molecule has 0 unspecified atom stereocenters. The largest absolute Gasteiger partial charge is 0.493 e. The average Bonchev–Trinajstić information content (AvgIpc) is 2.78. The molecule has 8 heteroatoms. The highest BCUT2D eigenvalue weighted by atomic mass is 35.5. The molecule has 1 amide bonds. The number of halogens is 1. The number of benzene rings is 2. The van der Waals surface area contributed by atoms with Crippen molar-refractivity contribution in [3.63, 3.8) is 0 Å². The van der Waals surface area contributed by atoms with Crippen molar-refractivity contribution in [2.24, 2.45) is 0 Å². The second-order valence-electron chi connectivity index (χ2n) is 6.34. The van der Waals surface area contributed by atoms with E-state index in [0.717, 1.165) is 16.8 Å². The van der Waals surface area contributed by atoms with Gasteiger partial charge in [0.2, 0.25) is 5.91 Å². The lowest BCUT2D eigenvalue weighted by Crippen LogP contribution is -2.27. The van der Waals surface area contributed by atoms with Crippen LogP contribution in [-0.2, 0) is 11.2 Å². The van der Waals surface area contributed by atoms with Crippen molar-refractivity contribution in [1.82, 2.24) is 15.5 Å². The molecule has 3 aromatic rings. The number of hydrogen-bond donors (Lipinski definition) is 1. The van der Waals surface area contributed by atoms with Crippen LogP contribution in [0.2, 0.25) is 5.02 Å². The molecule has 0 aliphatic carbocycles. The molecule has 0 atom stereocenters. The first-order chi connectivity index (χ1) is 14.6. The molecule has 0 aliphatic heterocycles. The van der Waals surface area contributed by atoms with Gasteiger partial charge in [-0.2, -0.15) is 0 Å². The van der Waals surface area contributed by atoms with Crippen LogP contribution in [0.5, 0.6) is 11.5 Å². The maximum absolute atomic E-state index is 12.1. The van der Waals surface area contributed by atoms with Gasteiger partial charge in [-0.1, -0.05) is 41.6 Å². The Bertz CT molecular complexity index is 982. The molecule has 0 spiro atoms. The molecule has 2 aromatic carbocycles. The number of aromatic nitrogens is 2. The molecule has 0 saturated carbocycles. The number of nitrogens with one attached hydrogen (secondary N) is 1. The van der Waals surface area contributed by atoms with Gasteiger partial charge in [-0.15, -0.1) is 10.2 Å². The van der Waals surface area contributed by atoms with Crippen molar-refractivity contribution in [2.45, 2.75) is 11.4 Å². The van der Waals surface area contributed by atoms with E-state index in [1.165, 1.54) is 11.8 Å². The molecule has 1 aromatic heterocycles. The highest BCUT2D eigenvalue weighted by Gasteiger charge is 2.07. The Morgan fingerprint density at radius 1 is 1.00 bits per heavy atom. The van der Waals surface area contributed by atoms with Crippen LogP contribution in [0.1, 0.15) is 5.56 Å². The SMILES string of the molecule is COc1ccc(CCNC(=O)CSc2ccc(-c3ccc(Cl)cc3)nn2)cc1OC. The van der Waals surface area contributed by atoms with Gasteiger partial charge < -0.3 is 14.8 Å². The van der Waals surface area contributed by atoms with E-state index in [0.29, 0.717) is 34.5 Å². The van der Waals surface area contributed by atoms with Gasteiger partial charge in [-0.3, -0.25) is 4.79 Å². The zero-order valence-corrected chi connectivity index (χ0v) is 18.3. The van der Waals surface area contributed by atoms with Gasteiger partial charge in [0, 0.05) is 17.1 Å². The van der Waals surface area contributed by atoms with Gasteiger partial charge in [0.05, 0.1) is 25.7 Å². The van der Waals surface area contributed by atoms with E-state index in [4.69, 9.17) is 21.1 Å². The summed E-state index contributed by atoms with van der Waals surface area (Å²) in [6.45, 7) is 0.538. The molecule has 6 nitrogen and oxygen atoms in total. The van der Waals surface area contributed by atoms with Crippen LogP contribution in [-0.4, -0.2) is 42.6 Å². The van der Waals surface area contributed by atoms with E-state index in [1.807, 2.05) is 54.6 Å². The molecular formula is C22H22ClN3O3S. The first-order valence-electron chi connectivity index (χ1n) is 9.29. The number of amides is 1. The summed E-state index contributed by atoms with van der Waals surface area (Å²) in [5, 5.41) is 12.7. The van der Waals surface area contributed by atoms with E-state index < -0.39 is 0 Å². The number of thioether (sulfide) groups is 1. The minimum atomic E-state index is -0.0518. The molecule has 0 bridgehead atoms. The summed E-state index contributed by atoms with van der Waals surface area (Å²) in [4.78, 5) is 12.1. The molecule has 156 valence electrons. The van der Waals surface area contributed by atoms with Gasteiger partial charge in [0.1, 0.15) is 5.03 Å². The summed E-state index contributed by atoms with van der Waals surface area (Å²) in [7, 11) is 3.20. The van der Waals surface area contributed by atoms with Crippen molar-refractivity contribution in [3.8, 4) is 22.8 Å². The summed E-state index contributed by atoms with van der Waals surface area (Å²) in [6, 6.07) is 16.9. The molecule has 1 N–H and O–H groups in total. The van der Waals surface area contributed by atoms with E-state index in [9.17, 15) is 4.79 Å². The second kappa shape index (κ2) is 10.8. The number of rotatable bonds is 9. The molecule has 1 heterocycles. The van der Waals surface area contributed by atoms with Gasteiger partial charge in [0.25, 0.3) is 0 Å². The van der Waals surface area contributed by atoms with Gasteiger partial charge >= 0.3 is 0 Å². The van der Waals surface area contributed by atoms with Gasteiger partial charge in [0.15, 0.2) is 11.5 Å². The highest BCUT2D eigenvalue weighted by molar-refractivity contribution is 7.99. The lowest BCUT2D eigenvalue weighted by Gasteiger charge is -2.10. The number of methoxy groups -OCH3 is 2. The van der Waals surface area contributed by atoms with E-state index in [2.05, 4.69) is 15.5 Å². The second-order valence-corrected chi connectivity index (χ2v) is 7.77. The molecule has 0 aliphatic rings. The van der Waals surface area contributed by atoms with Crippen molar-refractivity contribution in [1.29, 1.82) is 0 Å². The average molecular weight is 444 g/mol. The quantitative estimate of drug-likeness (QED) is 0.498. The summed E-state index contributed by atoms with van der Waals surface area (Å²) in [5.74, 6) is 1.59. The molecule has 0 fully saturated rings. The fourth-order valence-corrected chi connectivity index (χ4v) is 3.51. The predicted octanol–water partition coefficient (Wildman–Crippen LogP) is 4.27. The first-order valence-corrected chi connectivity index (χ1v) is 10.7. The Kier molecular flexibility index (Phi) is 7.93. The van der Waals surface area contributed by atoms with Crippen LogP contribution in [0.3, 0.4) is 0 Å². The standard InChI is InChI=1S/C22H22ClN3O3S/c1-28-19-9-3-15(13-20(19)29-2)11-12-24-21(27)14-30-22-10-8-18(25-26-22)16-4-6-17(23)7-5-16/h3-10,13H,11-12,14H2,1-2H3,(H,24,27). The topological polar surface area (TPSA) is 73.3 Å². The van der Waals surface area contributed by atoms with Crippen LogP contribution in [0.4, 0.5) is 0 Å². The van der Waals surface area contributed by atoms with E-state index in [-0.39, 0.29) is 11.7 Å². The van der Waals surface area contributed by atoms with Crippen LogP contribution >= 0.6 is 23.4 Å². The fourth-order valence-electron chi connectivity index (χ4n) is 2.74. The number of hydrogen-bond acceptors (Lipinski definition) is 6. The third-order valence-electron chi connectivity index (χ3n) is 4.32. The third-order valence-corrected chi connectivity index (χ3v) is 5.49. The zero-order chi connectivity index (χ0) is 21.3. The summed E-state index contributed by atoms with van der Waals surface area (Å²) in [5.41, 5.74) is 2.76. The first kappa shape index (κ1) is 21.9. The predicted molar refractivity (Wildman–Crippen MR) is 119 cm³/mol. The molecular weight excluding hydrogens is 422 g/mol. The monoisotopic (exact) mass is 443 g/mol. The zero-order valence-electron chi connectivity index (χ0n) is 16.7. The lowest BCUT2D eigenvalue weighted by atomic mass is 10.1. The molecule has 3 rings (SSSR count). The van der Waals surface area contributed by atoms with Crippen molar-refractivity contribution in [3.05, 3.63) is 65.2 Å². The van der Waals surface area contributed by atoms with Crippen LogP contribution in [0, 0.1) is 0 Å². The number of carbonyl (C=O) groups is 1. The van der Waals surface area contributed by atoms with Crippen molar-refractivity contribution < 1.29 is 14.3 Å². The minimum absolute atomic E-state index is 0.0518. The Labute approximate surface area is 185 Å². The Balaban J connectivity index is 1.44. The summed E-state index contributed by atoms with van der Waals surface area (Å²) >= 11 is 7.25. The van der Waals surface area contributed by atoms with Crippen LogP contribution in [0.15, 0.2) is 59.6 Å². The number of ether oxygens (including phenoxy) is 2. The summed E-state index contributed by atoms with van der Waals surface area (Å²) < 4.78 is 10.5. The van der Waals surface area contributed by atoms with E-state index >= 15 is 0 Å². The summed E-state index contributed by atoms with van der Waals surface area (Å²) in [6.07, 6.45) is 0.701. The van der Waals surface area contributed by atoms with Gasteiger partial charge in [-0.05, 0) is 48.4 Å². The molecule has 0 saturated heterocycles. The minimum Gasteiger partial charge on any atom is -0.493 e. The van der Waals surface area contributed by atoms with Crippen molar-refractivity contribution >= 4 is 29.3 Å². The highest BCUT2D eigenvalue weighted by Crippen LogP contribution is 2.27. The Hall–Kier alpha value is -2.77. The Morgan fingerprint density at radius 2 is 1.77 bits per heavy atom. The van der Waals surface area contributed by atoms with Crippen LogP contribution in [0.25, 0.3) is 11.3 Å². The smallest absolute Gasteiger partial charge is 0.230 e. The lowest BCUT2D eigenvalue weighted by molar-refractivity contribution is -0.118. The van der Waals surface area contributed by atoms with Crippen molar-refractivity contribution in [2.75, 3.05) is 26.5 Å². The molecule has 30 heavy (non-hydrogen) atoms. The maximum atomic E-state index is 12.1. The van der Waals surface area contributed by atoms with Crippen LogP contribution < -0.4 is 14.8 Å². The fraction of sp³-hybridized carbons (Fsp3) is 0.227. The number of nitrogens with zero attached hydrogens (tertiary/aromatic N) is 2. The number of carbonyl (C=O) groups excluding carboxylic acids is 1. The Morgan fingerprint density at radius 3 is 2.43 bits per heavy atom. The molecule has 0 radical (unpaired) electrons. The maximum Gasteiger partial charge on any atom is 0.230 e. The normalized spacial score (nSPS) is 10.5. The van der Waals surface area contributed by atoms with Gasteiger partial charge in [-0.25, -0.2) is 0 Å².